The quantitative estimate of drug-likeness (QED) is 0.152. The second kappa shape index (κ2) is 14.3. The minimum atomic E-state index is 0.166. The van der Waals surface area contributed by atoms with E-state index in [2.05, 4.69) is 199 Å². The first-order chi connectivity index (χ1) is 27.3. The average Bonchev–Trinajstić information content (AvgIpc) is 3.66. The van der Waals surface area contributed by atoms with Gasteiger partial charge in [-0.1, -0.05) is 0 Å². The van der Waals surface area contributed by atoms with Crippen LogP contribution in [-0.4, -0.2) is 29.9 Å². The number of rotatable bonds is 7. The summed E-state index contributed by atoms with van der Waals surface area (Å²) in [5, 5.41) is 16.9. The Bertz CT molecular complexity index is 2960. The van der Waals surface area contributed by atoms with Gasteiger partial charge >= 0.3 is 328 Å². The molecule has 3 nitrogen and oxygen atoms in total. The van der Waals surface area contributed by atoms with Crippen LogP contribution in [0.1, 0.15) is 0 Å². The van der Waals surface area contributed by atoms with Gasteiger partial charge in [-0.05, 0) is 0 Å². The van der Waals surface area contributed by atoms with E-state index in [-0.39, 0.29) is 14.5 Å². The first-order valence-electron chi connectivity index (χ1n) is 18.5. The van der Waals surface area contributed by atoms with Crippen molar-refractivity contribution in [2.75, 3.05) is 0 Å². The van der Waals surface area contributed by atoms with Gasteiger partial charge in [-0.3, -0.25) is 0 Å². The molecule has 0 saturated heterocycles. The van der Waals surface area contributed by atoms with Crippen LogP contribution in [0.15, 0.2) is 200 Å². The van der Waals surface area contributed by atoms with E-state index in [4.69, 9.17) is 10.2 Å². The Kier molecular flexibility index (Phi) is 8.53. The second-order valence-electron chi connectivity index (χ2n) is 13.6. The predicted molar refractivity (Wildman–Crippen MR) is 230 cm³/mol. The predicted octanol–water partition coefficient (Wildman–Crippen LogP) is 12.9. The van der Waals surface area contributed by atoms with Gasteiger partial charge in [0.2, 0.25) is 0 Å². The van der Waals surface area contributed by atoms with Crippen molar-refractivity contribution in [1.82, 2.24) is 15.4 Å². The fraction of sp³-hybridized carbons (Fsp3) is 0. The SMILES string of the molecule is c1ccc(-c2ccccc2-c2cccc(-c3nnnc(-c4ccccc4)c3-c3ccccc3)c2-c2c(-c3ccccc3)ccc3[se]c4ccccc4c23)cc1. The van der Waals surface area contributed by atoms with Gasteiger partial charge < -0.3 is 0 Å². The molecule has 10 rings (SSSR count). The zero-order valence-electron chi connectivity index (χ0n) is 29.8. The number of hydrogen-bond donors (Lipinski definition) is 0. The molecule has 0 aliphatic carbocycles. The van der Waals surface area contributed by atoms with Crippen molar-refractivity contribution in [3.8, 4) is 78.1 Å². The molecule has 0 bridgehead atoms. The zero-order chi connectivity index (χ0) is 36.6. The molecule has 0 unspecified atom stereocenters. The fourth-order valence-corrected chi connectivity index (χ4v) is 10.3. The van der Waals surface area contributed by atoms with E-state index in [0.29, 0.717) is 0 Å². The molecule has 258 valence electrons. The number of benzene rings is 8. The van der Waals surface area contributed by atoms with E-state index >= 15 is 0 Å². The van der Waals surface area contributed by atoms with Crippen LogP contribution in [-0.2, 0) is 0 Å². The van der Waals surface area contributed by atoms with Crippen molar-refractivity contribution >= 4 is 33.8 Å². The molecule has 55 heavy (non-hydrogen) atoms. The summed E-state index contributed by atoms with van der Waals surface area (Å²) in [5.41, 5.74) is 14.9. The standard InChI is InChI=1S/C51H33N3Se/c1-5-18-34(19-6-1)38-26-13-14-27-40(38)41-29-17-30-43(51-46(36-22-9-3-10-23-36)50(52-54-53-51)37-24-11-4-12-25-37)47(41)49-39(35-20-7-2-8-21-35)32-33-45-48(49)42-28-15-16-31-44(42)55-45/h1-33H. The molecule has 10 aromatic rings. The molecule has 8 aromatic carbocycles. The zero-order valence-corrected chi connectivity index (χ0v) is 31.5. The number of nitrogens with zero attached hydrogens (tertiary/aromatic N) is 3. The monoisotopic (exact) mass is 767 g/mol. The van der Waals surface area contributed by atoms with Crippen molar-refractivity contribution in [2.45, 2.75) is 0 Å². The summed E-state index contributed by atoms with van der Waals surface area (Å²) in [7, 11) is 0. The molecule has 0 amide bonds. The minimum absolute atomic E-state index is 0.166. The Morgan fingerprint density at radius 3 is 1.53 bits per heavy atom. The van der Waals surface area contributed by atoms with Crippen molar-refractivity contribution in [3.05, 3.63) is 200 Å². The van der Waals surface area contributed by atoms with Crippen LogP contribution in [0.5, 0.6) is 0 Å². The van der Waals surface area contributed by atoms with Crippen molar-refractivity contribution in [1.29, 1.82) is 0 Å². The van der Waals surface area contributed by atoms with Crippen molar-refractivity contribution in [2.24, 2.45) is 0 Å². The number of hydrogen-bond acceptors (Lipinski definition) is 3. The van der Waals surface area contributed by atoms with E-state index in [0.717, 1.165) is 50.3 Å². The topological polar surface area (TPSA) is 38.7 Å². The maximum absolute atomic E-state index is 5.00. The van der Waals surface area contributed by atoms with Gasteiger partial charge in [0.1, 0.15) is 0 Å². The van der Waals surface area contributed by atoms with E-state index < -0.39 is 0 Å². The summed E-state index contributed by atoms with van der Waals surface area (Å²) < 4.78 is 2.79. The maximum atomic E-state index is 5.00. The molecule has 0 fully saturated rings. The van der Waals surface area contributed by atoms with E-state index in [1.54, 1.807) is 0 Å². The Morgan fingerprint density at radius 2 is 0.818 bits per heavy atom. The van der Waals surface area contributed by atoms with Gasteiger partial charge in [0.25, 0.3) is 0 Å². The first kappa shape index (κ1) is 32.9. The van der Waals surface area contributed by atoms with Gasteiger partial charge in [-0.2, -0.15) is 0 Å². The van der Waals surface area contributed by atoms with Gasteiger partial charge in [0.05, 0.1) is 0 Å². The normalized spacial score (nSPS) is 11.3. The first-order valence-corrected chi connectivity index (χ1v) is 20.2. The van der Waals surface area contributed by atoms with E-state index in [1.165, 1.54) is 47.1 Å². The van der Waals surface area contributed by atoms with E-state index in [9.17, 15) is 0 Å². The van der Waals surface area contributed by atoms with Gasteiger partial charge in [0.15, 0.2) is 0 Å². The summed E-state index contributed by atoms with van der Waals surface area (Å²) in [6.07, 6.45) is 0. The summed E-state index contributed by atoms with van der Waals surface area (Å²) in [4.78, 5) is 0. The Hall–Kier alpha value is -6.71. The van der Waals surface area contributed by atoms with Crippen LogP contribution in [0.25, 0.3) is 97.4 Å². The molecule has 0 N–H and O–H groups in total. The van der Waals surface area contributed by atoms with Crippen LogP contribution in [0.3, 0.4) is 0 Å². The summed E-state index contributed by atoms with van der Waals surface area (Å²) >= 11 is 0.166. The molecule has 2 heterocycles. The molecule has 0 saturated carbocycles. The molecule has 0 aliphatic heterocycles. The van der Waals surface area contributed by atoms with Gasteiger partial charge in [-0.25, -0.2) is 0 Å². The summed E-state index contributed by atoms with van der Waals surface area (Å²) in [6.45, 7) is 0. The Morgan fingerprint density at radius 1 is 0.291 bits per heavy atom. The van der Waals surface area contributed by atoms with Crippen LogP contribution in [0.4, 0.5) is 0 Å². The molecule has 0 radical (unpaired) electrons. The second-order valence-corrected chi connectivity index (χ2v) is 15.8. The van der Waals surface area contributed by atoms with Crippen LogP contribution in [0, 0.1) is 0 Å². The van der Waals surface area contributed by atoms with Crippen LogP contribution in [0.2, 0.25) is 0 Å². The third kappa shape index (κ3) is 5.89. The van der Waals surface area contributed by atoms with Gasteiger partial charge in [-0.15, -0.1) is 0 Å². The number of aromatic nitrogens is 3. The number of fused-ring (bicyclic) bond motifs is 3. The molecule has 4 heteroatoms. The van der Waals surface area contributed by atoms with Crippen molar-refractivity contribution < 1.29 is 0 Å². The van der Waals surface area contributed by atoms with Crippen LogP contribution < -0.4 is 0 Å². The molecule has 2 aromatic heterocycles. The van der Waals surface area contributed by atoms with E-state index in [1.807, 2.05) is 6.07 Å². The molecular formula is C51H33N3Se. The summed E-state index contributed by atoms with van der Waals surface area (Å²) in [6, 6.07) is 71.5. The Labute approximate surface area is 326 Å². The van der Waals surface area contributed by atoms with Gasteiger partial charge in [0, 0.05) is 0 Å². The molecule has 0 spiro atoms. The molecule has 0 atom stereocenters. The molecular weight excluding hydrogens is 734 g/mol. The average molecular weight is 767 g/mol. The van der Waals surface area contributed by atoms with Crippen molar-refractivity contribution in [3.63, 3.8) is 0 Å². The third-order valence-corrected chi connectivity index (χ3v) is 12.8. The molecule has 0 aliphatic rings. The Balaban J connectivity index is 1.40. The summed E-state index contributed by atoms with van der Waals surface area (Å²) in [5.74, 6) is 0. The van der Waals surface area contributed by atoms with Crippen LogP contribution >= 0.6 is 0 Å². The fourth-order valence-electron chi connectivity index (χ4n) is 7.95. The third-order valence-electron chi connectivity index (χ3n) is 10.4.